The first kappa shape index (κ1) is 19.8. The summed E-state index contributed by atoms with van der Waals surface area (Å²) in [5.41, 5.74) is 0. The minimum absolute atomic E-state index is 0.366. The van der Waals surface area contributed by atoms with Gasteiger partial charge in [0, 0.05) is 27.7 Å². The SMILES string of the molecule is CC(=O)OCC1O[C@@H](O)C(OC(C)=O)[C@@H](OC(C)=O)C1OC(C)=O. The average Bonchev–Trinajstić information content (AvgIpc) is 2.42. The number of hydrogen-bond acceptors (Lipinski definition) is 10. The van der Waals surface area contributed by atoms with Crippen LogP contribution in [0, 0.1) is 0 Å². The van der Waals surface area contributed by atoms with Crippen molar-refractivity contribution in [1.29, 1.82) is 0 Å². The van der Waals surface area contributed by atoms with Crippen LogP contribution in [0.4, 0.5) is 0 Å². The van der Waals surface area contributed by atoms with Crippen LogP contribution in [0.2, 0.25) is 0 Å². The Morgan fingerprint density at radius 3 is 1.71 bits per heavy atom. The van der Waals surface area contributed by atoms with Gasteiger partial charge in [0.15, 0.2) is 24.6 Å². The van der Waals surface area contributed by atoms with Gasteiger partial charge in [0.05, 0.1) is 0 Å². The molecule has 5 atom stereocenters. The average molecular weight is 348 g/mol. The van der Waals surface area contributed by atoms with Crippen LogP contribution in [0.25, 0.3) is 0 Å². The van der Waals surface area contributed by atoms with Crippen molar-refractivity contribution in [1.82, 2.24) is 0 Å². The molecule has 10 nitrogen and oxygen atoms in total. The molecule has 0 bridgehead atoms. The van der Waals surface area contributed by atoms with Crippen molar-refractivity contribution < 1.29 is 48.0 Å². The van der Waals surface area contributed by atoms with E-state index in [0.29, 0.717) is 0 Å². The lowest BCUT2D eigenvalue weighted by Gasteiger charge is -2.42. The highest BCUT2D eigenvalue weighted by Crippen LogP contribution is 2.28. The summed E-state index contributed by atoms with van der Waals surface area (Å²) in [6.45, 7) is 4.09. The molecule has 1 aliphatic rings. The fourth-order valence-electron chi connectivity index (χ4n) is 2.21. The smallest absolute Gasteiger partial charge is 0.303 e. The Labute approximate surface area is 137 Å². The Kier molecular flexibility index (Phi) is 7.11. The monoisotopic (exact) mass is 348 g/mol. The maximum atomic E-state index is 11.3. The molecule has 1 aliphatic heterocycles. The van der Waals surface area contributed by atoms with Gasteiger partial charge < -0.3 is 28.8 Å². The number of ether oxygens (including phenoxy) is 5. The van der Waals surface area contributed by atoms with Gasteiger partial charge in [-0.1, -0.05) is 0 Å². The van der Waals surface area contributed by atoms with Crippen molar-refractivity contribution in [2.75, 3.05) is 6.61 Å². The van der Waals surface area contributed by atoms with E-state index >= 15 is 0 Å². The molecule has 0 aromatic carbocycles. The second-order valence-electron chi connectivity index (χ2n) is 5.09. The third kappa shape index (κ3) is 5.78. The molecule has 1 rings (SSSR count). The highest BCUT2D eigenvalue weighted by molar-refractivity contribution is 5.68. The lowest BCUT2D eigenvalue weighted by atomic mass is 9.98. The Balaban J connectivity index is 3.11. The summed E-state index contributed by atoms with van der Waals surface area (Å²) in [5.74, 6) is -2.87. The number of carbonyl (C=O) groups is 4. The van der Waals surface area contributed by atoms with Crippen LogP contribution in [-0.2, 0) is 42.9 Å². The van der Waals surface area contributed by atoms with E-state index < -0.39 is 54.6 Å². The first-order valence-corrected chi connectivity index (χ1v) is 7.10. The molecule has 1 saturated heterocycles. The Morgan fingerprint density at radius 2 is 1.25 bits per heavy atom. The molecule has 136 valence electrons. The molecule has 0 spiro atoms. The van der Waals surface area contributed by atoms with Crippen molar-refractivity contribution in [2.24, 2.45) is 0 Å². The van der Waals surface area contributed by atoms with E-state index in [9.17, 15) is 24.3 Å². The third-order valence-corrected chi connectivity index (χ3v) is 2.97. The Bertz CT molecular complexity index is 502. The number of rotatable bonds is 5. The van der Waals surface area contributed by atoms with E-state index in [0.717, 1.165) is 27.7 Å². The molecule has 0 aromatic heterocycles. The number of esters is 4. The van der Waals surface area contributed by atoms with Gasteiger partial charge in [0.1, 0.15) is 12.7 Å². The van der Waals surface area contributed by atoms with Crippen LogP contribution >= 0.6 is 0 Å². The fourth-order valence-corrected chi connectivity index (χ4v) is 2.21. The molecule has 0 saturated carbocycles. The van der Waals surface area contributed by atoms with Crippen LogP contribution < -0.4 is 0 Å². The fraction of sp³-hybridized carbons (Fsp3) is 0.714. The Hall–Kier alpha value is -2.20. The molecular weight excluding hydrogens is 328 g/mol. The minimum Gasteiger partial charge on any atom is -0.463 e. The number of hydrogen-bond donors (Lipinski definition) is 1. The van der Waals surface area contributed by atoms with Gasteiger partial charge in [0.2, 0.25) is 0 Å². The van der Waals surface area contributed by atoms with Gasteiger partial charge in [-0.3, -0.25) is 19.2 Å². The second kappa shape index (κ2) is 8.60. The van der Waals surface area contributed by atoms with Gasteiger partial charge in [-0.25, -0.2) is 0 Å². The molecule has 3 unspecified atom stereocenters. The lowest BCUT2D eigenvalue weighted by molar-refractivity contribution is -0.296. The van der Waals surface area contributed by atoms with E-state index in [1.165, 1.54) is 0 Å². The van der Waals surface area contributed by atoms with Gasteiger partial charge >= 0.3 is 23.9 Å². The van der Waals surface area contributed by atoms with Gasteiger partial charge in [-0.2, -0.15) is 0 Å². The van der Waals surface area contributed by atoms with Crippen LogP contribution in [0.3, 0.4) is 0 Å². The van der Waals surface area contributed by atoms with E-state index in [1.54, 1.807) is 0 Å². The number of aliphatic hydroxyl groups is 1. The van der Waals surface area contributed by atoms with Crippen LogP contribution in [0.5, 0.6) is 0 Å². The lowest BCUT2D eigenvalue weighted by Crippen LogP contribution is -2.62. The number of carbonyl (C=O) groups excluding carboxylic acids is 4. The van der Waals surface area contributed by atoms with Crippen LogP contribution in [-0.4, -0.2) is 66.3 Å². The standard InChI is InChI=1S/C14H20O10/c1-6(15)20-5-10-11(21-7(2)16)12(22-8(3)17)13(14(19)24-10)23-9(4)18/h10-14,19H,5H2,1-4H3/t10?,11?,12-,13?,14+/m0/s1. The molecule has 0 radical (unpaired) electrons. The summed E-state index contributed by atoms with van der Waals surface area (Å²) in [5, 5.41) is 10.0. The summed E-state index contributed by atoms with van der Waals surface area (Å²) < 4.78 is 25.0. The third-order valence-electron chi connectivity index (χ3n) is 2.97. The van der Waals surface area contributed by atoms with Crippen LogP contribution in [0.15, 0.2) is 0 Å². The molecule has 1 N–H and O–H groups in total. The summed E-state index contributed by atoms with van der Waals surface area (Å²) >= 11 is 0. The highest BCUT2D eigenvalue weighted by Gasteiger charge is 2.51. The normalized spacial score (nSPS) is 29.3. The molecule has 0 aromatic rings. The predicted octanol–water partition coefficient (Wildman–Crippen LogP) is -0.938. The molecule has 0 aliphatic carbocycles. The summed E-state index contributed by atoms with van der Waals surface area (Å²) in [6.07, 6.45) is -6.79. The number of aliphatic hydroxyl groups excluding tert-OH is 1. The minimum atomic E-state index is -1.68. The zero-order valence-electron chi connectivity index (χ0n) is 13.7. The molecule has 0 amide bonds. The van der Waals surface area contributed by atoms with E-state index in [1.807, 2.05) is 0 Å². The molecule has 24 heavy (non-hydrogen) atoms. The largest absolute Gasteiger partial charge is 0.463 e. The summed E-state index contributed by atoms with van der Waals surface area (Å²) in [6, 6.07) is 0. The van der Waals surface area contributed by atoms with Crippen molar-refractivity contribution in [3.05, 3.63) is 0 Å². The Morgan fingerprint density at radius 1 is 0.792 bits per heavy atom. The van der Waals surface area contributed by atoms with Crippen molar-refractivity contribution >= 4 is 23.9 Å². The van der Waals surface area contributed by atoms with E-state index in [2.05, 4.69) is 0 Å². The van der Waals surface area contributed by atoms with Crippen molar-refractivity contribution in [3.8, 4) is 0 Å². The summed E-state index contributed by atoms with van der Waals surface area (Å²) in [4.78, 5) is 44.9. The molecular formula is C14H20O10. The maximum Gasteiger partial charge on any atom is 0.303 e. The van der Waals surface area contributed by atoms with Crippen LogP contribution in [0.1, 0.15) is 27.7 Å². The van der Waals surface area contributed by atoms with Crippen molar-refractivity contribution in [2.45, 2.75) is 58.4 Å². The van der Waals surface area contributed by atoms with Gasteiger partial charge in [-0.05, 0) is 0 Å². The second-order valence-corrected chi connectivity index (χ2v) is 5.09. The molecule has 1 fully saturated rings. The van der Waals surface area contributed by atoms with E-state index in [-0.39, 0.29) is 6.61 Å². The molecule has 10 heteroatoms. The first-order valence-electron chi connectivity index (χ1n) is 7.10. The highest BCUT2D eigenvalue weighted by atomic mass is 16.7. The molecule has 1 heterocycles. The quantitative estimate of drug-likeness (QED) is 0.490. The van der Waals surface area contributed by atoms with Gasteiger partial charge in [-0.15, -0.1) is 0 Å². The topological polar surface area (TPSA) is 135 Å². The predicted molar refractivity (Wildman–Crippen MR) is 74.2 cm³/mol. The van der Waals surface area contributed by atoms with E-state index in [4.69, 9.17) is 23.7 Å². The zero-order valence-corrected chi connectivity index (χ0v) is 13.7. The van der Waals surface area contributed by atoms with Gasteiger partial charge in [0.25, 0.3) is 0 Å². The zero-order chi connectivity index (χ0) is 18.4. The van der Waals surface area contributed by atoms with Crippen molar-refractivity contribution in [3.63, 3.8) is 0 Å². The maximum absolute atomic E-state index is 11.3. The summed E-state index contributed by atoms with van der Waals surface area (Å²) in [7, 11) is 0. The first-order chi connectivity index (χ1) is 11.1.